The molecule has 0 aliphatic heterocycles. The molecule has 0 fully saturated rings. The van der Waals surface area contributed by atoms with Crippen LogP contribution in [0.5, 0.6) is 0 Å². The minimum absolute atomic E-state index is 0.0756. The predicted molar refractivity (Wildman–Crippen MR) is 64.0 cm³/mol. The molecule has 0 aliphatic rings. The summed E-state index contributed by atoms with van der Waals surface area (Å²) in [6, 6.07) is 0. The van der Waals surface area contributed by atoms with Crippen LogP contribution in [0.1, 0.15) is 41.0 Å². The van der Waals surface area contributed by atoms with Crippen molar-refractivity contribution >= 4 is 5.91 Å². The van der Waals surface area contributed by atoms with Crippen molar-refractivity contribution in [3.63, 3.8) is 0 Å². The highest BCUT2D eigenvalue weighted by atomic mass is 16.3. The molecular formula is C12H25NO3. The molecule has 4 nitrogen and oxygen atoms in total. The topological polar surface area (TPSA) is 69.6 Å². The van der Waals surface area contributed by atoms with Gasteiger partial charge in [0.2, 0.25) is 5.91 Å². The van der Waals surface area contributed by atoms with Gasteiger partial charge >= 0.3 is 0 Å². The van der Waals surface area contributed by atoms with Crippen LogP contribution in [0.25, 0.3) is 0 Å². The van der Waals surface area contributed by atoms with Gasteiger partial charge in [0.25, 0.3) is 0 Å². The third-order valence-corrected chi connectivity index (χ3v) is 3.11. The van der Waals surface area contributed by atoms with E-state index in [1.807, 2.05) is 6.92 Å². The normalized spacial score (nSPS) is 14.7. The molecule has 0 aromatic carbocycles. The van der Waals surface area contributed by atoms with Crippen molar-refractivity contribution in [1.29, 1.82) is 0 Å². The Labute approximate surface area is 98.1 Å². The zero-order valence-corrected chi connectivity index (χ0v) is 11.0. The number of carbonyl (C=O) groups is 1. The maximum Gasteiger partial charge on any atom is 0.220 e. The van der Waals surface area contributed by atoms with Crippen LogP contribution in [0.15, 0.2) is 0 Å². The lowest BCUT2D eigenvalue weighted by Crippen LogP contribution is -2.52. The summed E-state index contributed by atoms with van der Waals surface area (Å²) in [5, 5.41) is 20.8. The van der Waals surface area contributed by atoms with E-state index in [0.717, 1.165) is 0 Å². The fourth-order valence-corrected chi connectivity index (χ4v) is 1.10. The third-order valence-electron chi connectivity index (χ3n) is 3.11. The Bertz CT molecular complexity index is 229. The average Bonchev–Trinajstić information content (AvgIpc) is 2.15. The molecule has 0 aromatic rings. The van der Waals surface area contributed by atoms with Crippen molar-refractivity contribution in [1.82, 2.24) is 5.32 Å². The molecule has 0 radical (unpaired) electrons. The van der Waals surface area contributed by atoms with Gasteiger partial charge in [-0.25, -0.2) is 0 Å². The lowest BCUT2D eigenvalue weighted by Gasteiger charge is -2.30. The van der Waals surface area contributed by atoms with Gasteiger partial charge in [-0.05, 0) is 18.3 Å². The lowest BCUT2D eigenvalue weighted by molar-refractivity contribution is -0.125. The molecule has 0 heterocycles. The molecule has 0 saturated heterocycles. The highest BCUT2D eigenvalue weighted by Crippen LogP contribution is 2.27. The summed E-state index contributed by atoms with van der Waals surface area (Å²) in [7, 11) is 0. The van der Waals surface area contributed by atoms with E-state index in [1.54, 1.807) is 6.92 Å². The second-order valence-corrected chi connectivity index (χ2v) is 5.90. The smallest absolute Gasteiger partial charge is 0.220 e. The monoisotopic (exact) mass is 231 g/mol. The van der Waals surface area contributed by atoms with Gasteiger partial charge in [-0.15, -0.1) is 0 Å². The van der Waals surface area contributed by atoms with Gasteiger partial charge in [0.15, 0.2) is 0 Å². The predicted octanol–water partition coefficient (Wildman–Crippen LogP) is 0.918. The van der Waals surface area contributed by atoms with Crippen molar-refractivity contribution in [2.45, 2.75) is 46.6 Å². The van der Waals surface area contributed by atoms with Gasteiger partial charge < -0.3 is 15.5 Å². The van der Waals surface area contributed by atoms with Crippen LogP contribution in [0, 0.1) is 11.3 Å². The van der Waals surface area contributed by atoms with Crippen LogP contribution in [-0.2, 0) is 4.79 Å². The van der Waals surface area contributed by atoms with Crippen molar-refractivity contribution in [2.24, 2.45) is 11.3 Å². The van der Waals surface area contributed by atoms with E-state index in [4.69, 9.17) is 10.2 Å². The first-order valence-corrected chi connectivity index (χ1v) is 5.67. The molecule has 3 N–H and O–H groups in total. The summed E-state index contributed by atoms with van der Waals surface area (Å²) in [6.45, 7) is 9.37. The van der Waals surface area contributed by atoms with Gasteiger partial charge in [0.1, 0.15) is 0 Å². The summed E-state index contributed by atoms with van der Waals surface area (Å²) >= 11 is 0. The Morgan fingerprint density at radius 3 is 1.94 bits per heavy atom. The van der Waals surface area contributed by atoms with E-state index < -0.39 is 5.54 Å². The summed E-state index contributed by atoms with van der Waals surface area (Å²) < 4.78 is 0. The maximum absolute atomic E-state index is 11.7. The minimum Gasteiger partial charge on any atom is -0.394 e. The van der Waals surface area contributed by atoms with E-state index in [-0.39, 0.29) is 30.5 Å². The Balaban J connectivity index is 4.29. The van der Waals surface area contributed by atoms with Crippen LogP contribution < -0.4 is 5.32 Å². The van der Waals surface area contributed by atoms with Crippen LogP contribution in [0.3, 0.4) is 0 Å². The zero-order chi connectivity index (χ0) is 13.0. The lowest BCUT2D eigenvalue weighted by atomic mass is 9.80. The Kier molecular flexibility index (Phi) is 5.42. The summed E-state index contributed by atoms with van der Waals surface area (Å²) in [6.07, 6.45) is 0.402. The Hall–Kier alpha value is -0.610. The summed E-state index contributed by atoms with van der Waals surface area (Å²) in [5.74, 6) is 0.113. The average molecular weight is 231 g/mol. The fourth-order valence-electron chi connectivity index (χ4n) is 1.10. The zero-order valence-electron chi connectivity index (χ0n) is 11.0. The highest BCUT2D eigenvalue weighted by molar-refractivity contribution is 5.77. The summed E-state index contributed by atoms with van der Waals surface area (Å²) in [5.41, 5.74) is -0.846. The first-order chi connectivity index (χ1) is 7.14. The summed E-state index contributed by atoms with van der Waals surface area (Å²) in [4.78, 5) is 11.7. The van der Waals surface area contributed by atoms with Crippen molar-refractivity contribution in [3.8, 4) is 0 Å². The molecule has 0 rings (SSSR count). The Morgan fingerprint density at radius 1 is 1.19 bits per heavy atom. The van der Waals surface area contributed by atoms with Gasteiger partial charge in [-0.2, -0.15) is 0 Å². The van der Waals surface area contributed by atoms with Crippen LogP contribution >= 0.6 is 0 Å². The number of aliphatic hydroxyl groups excluding tert-OH is 2. The third kappa shape index (κ3) is 4.94. The van der Waals surface area contributed by atoms with Gasteiger partial charge in [-0.3, -0.25) is 4.79 Å². The van der Waals surface area contributed by atoms with E-state index in [2.05, 4.69) is 26.1 Å². The highest BCUT2D eigenvalue weighted by Gasteiger charge is 2.27. The van der Waals surface area contributed by atoms with Crippen molar-refractivity contribution < 1.29 is 15.0 Å². The number of rotatable bonds is 5. The SMILES string of the molecule is CC(CC(=O)NC(C)(CO)CO)C(C)(C)C. The number of nitrogens with one attached hydrogen (secondary N) is 1. The number of amides is 1. The second kappa shape index (κ2) is 5.64. The van der Waals surface area contributed by atoms with Gasteiger partial charge in [0.05, 0.1) is 18.8 Å². The molecule has 1 amide bonds. The van der Waals surface area contributed by atoms with Gasteiger partial charge in [-0.1, -0.05) is 27.7 Å². The molecule has 1 unspecified atom stereocenters. The number of carbonyl (C=O) groups excluding carboxylic acids is 1. The second-order valence-electron chi connectivity index (χ2n) is 5.90. The standard InChI is InChI=1S/C12H25NO3/c1-9(11(2,3)4)6-10(16)13-12(5,7-14)8-15/h9,14-15H,6-8H2,1-5H3,(H,13,16). The van der Waals surface area contributed by atoms with E-state index >= 15 is 0 Å². The molecule has 0 aromatic heterocycles. The number of aliphatic hydroxyl groups is 2. The molecule has 0 bridgehead atoms. The molecule has 0 spiro atoms. The van der Waals surface area contributed by atoms with E-state index in [1.165, 1.54) is 0 Å². The van der Waals surface area contributed by atoms with Crippen LogP contribution in [-0.4, -0.2) is 34.9 Å². The molecule has 16 heavy (non-hydrogen) atoms. The van der Waals surface area contributed by atoms with Crippen LogP contribution in [0.4, 0.5) is 0 Å². The van der Waals surface area contributed by atoms with E-state index in [9.17, 15) is 4.79 Å². The van der Waals surface area contributed by atoms with Crippen molar-refractivity contribution in [2.75, 3.05) is 13.2 Å². The quantitative estimate of drug-likeness (QED) is 0.659. The molecule has 0 aliphatic carbocycles. The molecule has 0 saturated carbocycles. The Morgan fingerprint density at radius 2 is 1.62 bits per heavy atom. The van der Waals surface area contributed by atoms with E-state index in [0.29, 0.717) is 6.42 Å². The maximum atomic E-state index is 11.7. The number of hydrogen-bond donors (Lipinski definition) is 3. The first kappa shape index (κ1) is 15.4. The molecule has 1 atom stereocenters. The van der Waals surface area contributed by atoms with Crippen LogP contribution in [0.2, 0.25) is 0 Å². The molecule has 96 valence electrons. The van der Waals surface area contributed by atoms with Crippen molar-refractivity contribution in [3.05, 3.63) is 0 Å². The minimum atomic E-state index is -0.922. The van der Waals surface area contributed by atoms with Gasteiger partial charge in [0, 0.05) is 6.42 Å². The largest absolute Gasteiger partial charge is 0.394 e. The number of hydrogen-bond acceptors (Lipinski definition) is 3. The molecular weight excluding hydrogens is 206 g/mol. The first-order valence-electron chi connectivity index (χ1n) is 5.67. The fraction of sp³-hybridized carbons (Fsp3) is 0.917. The molecule has 4 heteroatoms.